The fraction of sp³-hybridized carbons (Fsp3) is 0.414. The molecule has 1 N–H and O–H groups in total. The molecule has 6 heteroatoms. The Morgan fingerprint density at radius 2 is 1.80 bits per heavy atom. The first-order valence-corrected chi connectivity index (χ1v) is 13.0. The monoisotopic (exact) mass is 486 g/mol. The number of carbonyl (C=O) groups excluding carboxylic acids is 1. The molecule has 35 heavy (non-hydrogen) atoms. The Labute approximate surface area is 212 Å². The number of piperidine rings is 1. The predicted octanol–water partition coefficient (Wildman–Crippen LogP) is 6.01. The Kier molecular flexibility index (Phi) is 7.04. The first-order valence-electron chi connectivity index (χ1n) is 12.7. The van der Waals surface area contributed by atoms with Crippen LogP contribution in [0.1, 0.15) is 66.6 Å². The number of hydrogen-bond donors (Lipinski definition) is 1. The van der Waals surface area contributed by atoms with E-state index in [1.54, 1.807) is 0 Å². The summed E-state index contributed by atoms with van der Waals surface area (Å²) in [6, 6.07) is 20.5. The number of pyridine rings is 1. The number of amides is 1. The largest absolute Gasteiger partial charge is 0.348 e. The van der Waals surface area contributed by atoms with E-state index in [1.165, 1.54) is 19.3 Å². The Balaban J connectivity index is 1.35. The van der Waals surface area contributed by atoms with Gasteiger partial charge in [-0.15, -0.1) is 0 Å². The highest BCUT2D eigenvalue weighted by molar-refractivity contribution is 6.31. The van der Waals surface area contributed by atoms with E-state index in [4.69, 9.17) is 16.6 Å². The number of carbonyl (C=O) groups is 1. The quantitative estimate of drug-likeness (QED) is 0.479. The minimum absolute atomic E-state index is 0.0789. The molecule has 0 unspecified atom stereocenters. The minimum atomic E-state index is -0.555. The molecule has 0 radical (unpaired) electrons. The summed E-state index contributed by atoms with van der Waals surface area (Å²) in [7, 11) is 0. The van der Waals surface area contributed by atoms with Gasteiger partial charge in [-0.05, 0) is 55.0 Å². The lowest BCUT2D eigenvalue weighted by Gasteiger charge is -2.38. The van der Waals surface area contributed by atoms with Crippen molar-refractivity contribution in [2.24, 2.45) is 0 Å². The molecular formula is C29H31ClN4O. The molecule has 5 rings (SSSR count). The normalized spacial score (nSPS) is 18.7. The zero-order valence-corrected chi connectivity index (χ0v) is 20.7. The van der Waals surface area contributed by atoms with Gasteiger partial charge in [0.25, 0.3) is 5.91 Å². The second-order valence-electron chi connectivity index (χ2n) is 9.94. The molecule has 1 amide bonds. The van der Waals surface area contributed by atoms with Crippen LogP contribution in [0.5, 0.6) is 0 Å². The molecule has 0 bridgehead atoms. The van der Waals surface area contributed by atoms with Crippen LogP contribution in [0, 0.1) is 11.3 Å². The van der Waals surface area contributed by atoms with E-state index in [1.807, 2.05) is 48.5 Å². The minimum Gasteiger partial charge on any atom is -0.348 e. The predicted molar refractivity (Wildman–Crippen MR) is 139 cm³/mol. The molecule has 1 aliphatic heterocycles. The van der Waals surface area contributed by atoms with Crippen molar-refractivity contribution in [2.45, 2.75) is 62.9 Å². The Morgan fingerprint density at radius 1 is 1.09 bits per heavy atom. The lowest BCUT2D eigenvalue weighted by Crippen LogP contribution is -2.41. The van der Waals surface area contributed by atoms with Gasteiger partial charge in [0, 0.05) is 36.1 Å². The third-order valence-electron chi connectivity index (χ3n) is 7.68. The van der Waals surface area contributed by atoms with Gasteiger partial charge < -0.3 is 5.32 Å². The summed E-state index contributed by atoms with van der Waals surface area (Å²) in [6.07, 6.45) is 7.15. The Morgan fingerprint density at radius 3 is 2.54 bits per heavy atom. The maximum Gasteiger partial charge on any atom is 0.270 e. The van der Waals surface area contributed by atoms with E-state index >= 15 is 0 Å². The van der Waals surface area contributed by atoms with Gasteiger partial charge in [0.2, 0.25) is 0 Å². The van der Waals surface area contributed by atoms with E-state index in [0.717, 1.165) is 67.3 Å². The molecule has 0 spiro atoms. The van der Waals surface area contributed by atoms with E-state index in [-0.39, 0.29) is 11.9 Å². The zero-order valence-electron chi connectivity index (χ0n) is 20.0. The van der Waals surface area contributed by atoms with Crippen molar-refractivity contribution in [2.75, 3.05) is 13.1 Å². The highest BCUT2D eigenvalue weighted by atomic mass is 35.5. The Bertz CT molecular complexity index is 1250. The molecule has 1 aromatic heterocycles. The second kappa shape index (κ2) is 10.4. The van der Waals surface area contributed by atoms with E-state index < -0.39 is 5.41 Å². The second-order valence-corrected chi connectivity index (χ2v) is 10.3. The van der Waals surface area contributed by atoms with Crippen LogP contribution in [0.25, 0.3) is 10.9 Å². The standard InChI is InChI=1S/C29H31ClN4O/c30-25-12-6-5-11-24(25)29(20-31)14-16-34(17-15-29)19-21-18-27(33-26-13-7-4-10-23(21)26)28(35)32-22-8-2-1-3-9-22/h4-7,10-13,18,22H,1-3,8-9,14-17,19H2,(H,32,35). The third kappa shape index (κ3) is 5.05. The summed E-state index contributed by atoms with van der Waals surface area (Å²) in [6.45, 7) is 2.30. The number of rotatable bonds is 5. The van der Waals surface area contributed by atoms with E-state index in [9.17, 15) is 10.1 Å². The van der Waals surface area contributed by atoms with Crippen LogP contribution in [0.4, 0.5) is 0 Å². The summed E-state index contributed by atoms with van der Waals surface area (Å²) in [5.74, 6) is -0.0789. The molecule has 2 heterocycles. The summed E-state index contributed by atoms with van der Waals surface area (Å²) < 4.78 is 0. The van der Waals surface area contributed by atoms with Crippen molar-refractivity contribution in [3.63, 3.8) is 0 Å². The SMILES string of the molecule is N#CC1(c2ccccc2Cl)CCN(Cc2cc(C(=O)NC3CCCCC3)nc3ccccc23)CC1. The van der Waals surface area contributed by atoms with Crippen LogP contribution >= 0.6 is 11.6 Å². The molecule has 1 aliphatic carbocycles. The molecule has 2 fully saturated rings. The molecule has 180 valence electrons. The van der Waals surface area contributed by atoms with Crippen molar-refractivity contribution in [1.82, 2.24) is 15.2 Å². The van der Waals surface area contributed by atoms with Crippen LogP contribution in [-0.2, 0) is 12.0 Å². The number of nitrogens with zero attached hydrogens (tertiary/aromatic N) is 3. The lowest BCUT2D eigenvalue weighted by molar-refractivity contribution is 0.0922. The maximum atomic E-state index is 13.1. The lowest BCUT2D eigenvalue weighted by atomic mass is 9.74. The van der Waals surface area contributed by atoms with Crippen LogP contribution in [0.2, 0.25) is 5.02 Å². The van der Waals surface area contributed by atoms with Gasteiger partial charge in [0.1, 0.15) is 5.69 Å². The smallest absolute Gasteiger partial charge is 0.270 e. The average molecular weight is 487 g/mol. The highest BCUT2D eigenvalue weighted by Crippen LogP contribution is 2.39. The number of fused-ring (bicyclic) bond motifs is 1. The zero-order chi connectivity index (χ0) is 24.3. The van der Waals surface area contributed by atoms with Crippen molar-refractivity contribution in [3.8, 4) is 6.07 Å². The van der Waals surface area contributed by atoms with Gasteiger partial charge in [-0.25, -0.2) is 4.98 Å². The first-order chi connectivity index (χ1) is 17.1. The van der Waals surface area contributed by atoms with Gasteiger partial charge in [0.15, 0.2) is 0 Å². The van der Waals surface area contributed by atoms with Crippen molar-refractivity contribution >= 4 is 28.4 Å². The number of hydrogen-bond acceptors (Lipinski definition) is 4. The van der Waals surface area contributed by atoms with Gasteiger partial charge in [-0.2, -0.15) is 5.26 Å². The fourth-order valence-electron chi connectivity index (χ4n) is 5.63. The number of nitrogens with one attached hydrogen (secondary N) is 1. The number of nitriles is 1. The van der Waals surface area contributed by atoms with Gasteiger partial charge in [-0.3, -0.25) is 9.69 Å². The molecule has 2 aromatic carbocycles. The molecule has 5 nitrogen and oxygen atoms in total. The van der Waals surface area contributed by atoms with E-state index in [0.29, 0.717) is 10.7 Å². The summed E-state index contributed by atoms with van der Waals surface area (Å²) in [4.78, 5) is 20.1. The average Bonchev–Trinajstić information content (AvgIpc) is 2.90. The summed E-state index contributed by atoms with van der Waals surface area (Å²) in [5, 5.41) is 15.0. The van der Waals surface area contributed by atoms with Crippen LogP contribution in [-0.4, -0.2) is 34.9 Å². The number of para-hydroxylation sites is 1. The topological polar surface area (TPSA) is 69.0 Å². The molecule has 2 aliphatic rings. The highest BCUT2D eigenvalue weighted by Gasteiger charge is 2.38. The molecule has 0 atom stereocenters. The number of likely N-dealkylation sites (tertiary alicyclic amines) is 1. The van der Waals surface area contributed by atoms with Crippen molar-refractivity contribution in [3.05, 3.63) is 76.4 Å². The number of benzene rings is 2. The number of aromatic nitrogens is 1. The third-order valence-corrected chi connectivity index (χ3v) is 8.01. The molecular weight excluding hydrogens is 456 g/mol. The first kappa shape index (κ1) is 23.8. The maximum absolute atomic E-state index is 13.1. The van der Waals surface area contributed by atoms with E-state index in [2.05, 4.69) is 22.4 Å². The molecule has 1 saturated carbocycles. The van der Waals surface area contributed by atoms with Crippen LogP contribution in [0.3, 0.4) is 0 Å². The van der Waals surface area contributed by atoms with Gasteiger partial charge >= 0.3 is 0 Å². The Hall–Kier alpha value is -2.94. The molecule has 3 aromatic rings. The van der Waals surface area contributed by atoms with Crippen molar-refractivity contribution in [1.29, 1.82) is 5.26 Å². The summed E-state index contributed by atoms with van der Waals surface area (Å²) >= 11 is 6.46. The molecule has 1 saturated heterocycles. The number of halogens is 1. The van der Waals surface area contributed by atoms with Crippen LogP contribution in [0.15, 0.2) is 54.6 Å². The van der Waals surface area contributed by atoms with Crippen LogP contribution < -0.4 is 5.32 Å². The summed E-state index contributed by atoms with van der Waals surface area (Å²) in [5.41, 5.74) is 2.81. The fourth-order valence-corrected chi connectivity index (χ4v) is 5.94. The van der Waals surface area contributed by atoms with Crippen molar-refractivity contribution < 1.29 is 4.79 Å². The van der Waals surface area contributed by atoms with Gasteiger partial charge in [0.05, 0.1) is 17.0 Å². The van der Waals surface area contributed by atoms with Gasteiger partial charge in [-0.1, -0.05) is 67.3 Å².